The first-order valence-corrected chi connectivity index (χ1v) is 20.9. The molecule has 1 spiro atoms. The van der Waals surface area contributed by atoms with Gasteiger partial charge in [0.1, 0.15) is 41.2 Å². The maximum absolute atomic E-state index is 15.4. The van der Waals surface area contributed by atoms with Crippen molar-refractivity contribution in [1.82, 2.24) is 10.2 Å². The molecule has 8 rings (SSSR count). The molecular weight excluding hydrogens is 749 g/mol. The number of aliphatic hydroxyl groups excluding tert-OH is 1. The number of ketones is 1. The van der Waals surface area contributed by atoms with E-state index in [0.29, 0.717) is 60.0 Å². The van der Waals surface area contributed by atoms with Crippen molar-refractivity contribution in [2.75, 3.05) is 40.5 Å². The molecule has 0 amide bonds. The lowest BCUT2D eigenvalue weighted by atomic mass is 9.44. The number of Topliss-reactive ketones (excluding diaryl/α,β-unsaturated/α-hetero) is 1. The highest BCUT2D eigenvalue weighted by Crippen LogP contribution is 2.74. The number of nitrogens with zero attached hydrogens (tertiary/aromatic N) is 2. The molecule has 1 aromatic carbocycles. The van der Waals surface area contributed by atoms with Gasteiger partial charge in [-0.2, -0.15) is 5.26 Å². The van der Waals surface area contributed by atoms with Crippen LogP contribution in [0, 0.1) is 40.4 Å². The Morgan fingerprint density at radius 2 is 1.83 bits per heavy atom. The molecule has 0 aromatic heterocycles. The van der Waals surface area contributed by atoms with Gasteiger partial charge in [0.25, 0.3) is 0 Å². The van der Waals surface area contributed by atoms with Gasteiger partial charge in [0, 0.05) is 61.0 Å². The third-order valence-corrected chi connectivity index (χ3v) is 13.4. The minimum absolute atomic E-state index is 0.0121. The average molecular weight is 809 g/mol. The molecule has 316 valence electrons. The number of aliphatic hydroxyl groups is 1. The van der Waals surface area contributed by atoms with Gasteiger partial charge in [-0.1, -0.05) is 29.4 Å². The number of benzene rings is 1. The second-order valence-electron chi connectivity index (χ2n) is 18.2. The lowest BCUT2D eigenvalue weighted by Gasteiger charge is -2.64. The van der Waals surface area contributed by atoms with Crippen LogP contribution in [0.2, 0.25) is 0 Å². The van der Waals surface area contributed by atoms with E-state index in [1.165, 1.54) is 12.7 Å². The summed E-state index contributed by atoms with van der Waals surface area (Å²) in [6.07, 6.45) is 12.7. The normalized spacial score (nSPS) is 30.4. The summed E-state index contributed by atoms with van der Waals surface area (Å²) in [5, 5.41) is 33.0. The molecule has 4 fully saturated rings. The molecule has 7 aliphatic rings. The van der Waals surface area contributed by atoms with Crippen molar-refractivity contribution < 1.29 is 38.4 Å². The summed E-state index contributed by atoms with van der Waals surface area (Å²) in [6, 6.07) is 2.42. The van der Waals surface area contributed by atoms with E-state index in [-0.39, 0.29) is 37.2 Å². The van der Waals surface area contributed by atoms with E-state index in [9.17, 15) is 20.6 Å². The zero-order chi connectivity index (χ0) is 42.8. The number of nitrogens with one attached hydrogen (secondary N) is 2. The van der Waals surface area contributed by atoms with Gasteiger partial charge < -0.3 is 39.0 Å². The fourth-order valence-electron chi connectivity index (χ4n) is 10.7. The van der Waals surface area contributed by atoms with E-state index in [2.05, 4.69) is 56.5 Å². The zero-order valence-corrected chi connectivity index (χ0v) is 36.3. The third-order valence-electron chi connectivity index (χ3n) is 13.4. The molecule has 0 radical (unpaired) electrons. The minimum atomic E-state index is -1.58. The highest BCUT2D eigenvalue weighted by Gasteiger charge is 2.84. The van der Waals surface area contributed by atoms with Gasteiger partial charge in [0.05, 0.1) is 42.2 Å². The lowest BCUT2D eigenvalue weighted by molar-refractivity contribution is -0.183. The van der Waals surface area contributed by atoms with Crippen molar-refractivity contribution in [3.63, 3.8) is 0 Å². The summed E-state index contributed by atoms with van der Waals surface area (Å²) in [5.41, 5.74) is 1.78. The summed E-state index contributed by atoms with van der Waals surface area (Å²) < 4.78 is 34.0. The molecule has 7 atom stereocenters. The number of methoxy groups -OCH3 is 1. The summed E-state index contributed by atoms with van der Waals surface area (Å²) in [7, 11) is 3.14. The maximum Gasteiger partial charge on any atom is 0.333 e. The van der Waals surface area contributed by atoms with Crippen LogP contribution in [0.25, 0.3) is 11.8 Å². The highest BCUT2D eigenvalue weighted by molar-refractivity contribution is 6.06. The number of carbonyl (C=O) groups excluding carboxylic acids is 2. The number of ether oxygens (including phenoxy) is 5. The first kappa shape index (κ1) is 42.4. The van der Waals surface area contributed by atoms with Gasteiger partial charge in [-0.05, 0) is 93.2 Å². The molecule has 3 N–H and O–H groups in total. The summed E-state index contributed by atoms with van der Waals surface area (Å²) in [5.74, 6) is -1.48. The Kier molecular flexibility index (Phi) is 11.1. The number of rotatable bonds is 14. The largest absolute Gasteiger partial charge is 0.491 e. The Hall–Kier alpha value is -4.70. The Balaban J connectivity index is 1.58. The van der Waals surface area contributed by atoms with Crippen LogP contribution in [0.5, 0.6) is 17.2 Å². The Morgan fingerprint density at radius 1 is 1.10 bits per heavy atom. The van der Waals surface area contributed by atoms with E-state index in [0.717, 1.165) is 35.1 Å². The van der Waals surface area contributed by atoms with Gasteiger partial charge in [-0.15, -0.1) is 0 Å². The molecule has 7 unspecified atom stereocenters. The fourth-order valence-corrected chi connectivity index (χ4v) is 10.7. The first-order chi connectivity index (χ1) is 27.9. The van der Waals surface area contributed by atoms with Crippen LogP contribution < -0.4 is 19.5 Å². The first-order valence-electron chi connectivity index (χ1n) is 20.9. The second kappa shape index (κ2) is 15.4. The number of esters is 1. The van der Waals surface area contributed by atoms with Crippen LogP contribution >= 0.6 is 0 Å². The number of hydrogen-bond donors (Lipinski definition) is 3. The van der Waals surface area contributed by atoms with Crippen molar-refractivity contribution in [2.24, 2.45) is 23.7 Å². The van der Waals surface area contributed by atoms with E-state index in [1.54, 1.807) is 17.9 Å². The number of nitriles is 1. The van der Waals surface area contributed by atoms with Crippen LogP contribution in [0.1, 0.15) is 97.8 Å². The molecule has 1 aromatic rings. The summed E-state index contributed by atoms with van der Waals surface area (Å²) in [6.45, 7) is 17.1. The molecule has 4 heterocycles. The van der Waals surface area contributed by atoms with Crippen molar-refractivity contribution in [2.45, 2.75) is 110 Å². The Bertz CT molecular complexity index is 2170. The van der Waals surface area contributed by atoms with Crippen molar-refractivity contribution in [3.05, 3.63) is 63.3 Å². The number of carbonyl (C=O) groups is 2. The predicted molar refractivity (Wildman–Crippen MR) is 225 cm³/mol. The van der Waals surface area contributed by atoms with Crippen LogP contribution in [-0.4, -0.2) is 90.5 Å². The molecule has 3 aliphatic carbocycles. The number of amidine groups is 1. The standard InChI is InChI=1S/C47H60N4O8/c1-26(2)12-11-17-45(8)18-16-30-38(57-45)29(14-13-27(3)4)40-35(39(30)56-23-21-50-20-22-52)37-36-34(32(25-48)42(49)51(37)9)31-24-33-44(6,7)59-46(41(31)53,47(33,36)58-40)19-15-28(5)43(54)55-10/h12-13,15-16,18,31-34,49-50,52H,11,14,17,19-24H2,1-10H3. The van der Waals surface area contributed by atoms with Crippen LogP contribution in [0.4, 0.5) is 0 Å². The van der Waals surface area contributed by atoms with Gasteiger partial charge >= 0.3 is 5.97 Å². The van der Waals surface area contributed by atoms with Crippen LogP contribution in [-0.2, 0) is 25.5 Å². The van der Waals surface area contributed by atoms with Gasteiger partial charge in [-0.25, -0.2) is 4.79 Å². The molecule has 12 nitrogen and oxygen atoms in total. The van der Waals surface area contributed by atoms with E-state index in [4.69, 9.17) is 23.7 Å². The molecule has 4 aliphatic heterocycles. The quantitative estimate of drug-likeness (QED) is 0.0779. The van der Waals surface area contributed by atoms with Crippen molar-refractivity contribution in [1.29, 1.82) is 10.7 Å². The molecule has 59 heavy (non-hydrogen) atoms. The molecule has 3 saturated carbocycles. The SMILES string of the molecule is COC(=O)C(C)=CCC12OC(C)(C)C3CC(C1=O)C1C4=C(c5c(OCCNCCO)c6c(c(CC=C(C)C)c5OC432)OC(C)(CCC=C(C)C)C=C6)N(C)C(=N)C1C#N. The van der Waals surface area contributed by atoms with Crippen molar-refractivity contribution in [3.8, 4) is 23.3 Å². The molecule has 1 saturated heterocycles. The van der Waals surface area contributed by atoms with Crippen molar-refractivity contribution >= 4 is 29.4 Å². The second-order valence-corrected chi connectivity index (χ2v) is 18.2. The van der Waals surface area contributed by atoms with Gasteiger partial charge in [0.15, 0.2) is 17.0 Å². The average Bonchev–Trinajstić information content (AvgIpc) is 3.33. The van der Waals surface area contributed by atoms with Crippen LogP contribution in [0.15, 0.2) is 46.6 Å². The summed E-state index contributed by atoms with van der Waals surface area (Å²) >= 11 is 0. The Labute approximate surface area is 348 Å². The molecule has 12 heteroatoms. The smallest absolute Gasteiger partial charge is 0.333 e. The predicted octanol–water partition coefficient (Wildman–Crippen LogP) is 6.86. The molecule has 4 bridgehead atoms. The van der Waals surface area contributed by atoms with E-state index in [1.807, 2.05) is 34.7 Å². The number of fused-ring (bicyclic) bond motifs is 3. The fraction of sp³-hybridized carbons (Fsp3) is 0.574. The lowest BCUT2D eigenvalue weighted by Crippen LogP contribution is -2.76. The highest BCUT2D eigenvalue weighted by atomic mass is 16.6. The monoisotopic (exact) mass is 808 g/mol. The zero-order valence-electron chi connectivity index (χ0n) is 36.3. The van der Waals surface area contributed by atoms with E-state index < -0.39 is 46.1 Å². The van der Waals surface area contributed by atoms with Gasteiger partial charge in [-0.3, -0.25) is 10.2 Å². The number of allylic oxidation sites excluding steroid dienone is 4. The topological polar surface area (TPSA) is 163 Å². The summed E-state index contributed by atoms with van der Waals surface area (Å²) in [4.78, 5) is 30.0. The van der Waals surface area contributed by atoms with E-state index >= 15 is 4.79 Å². The third kappa shape index (κ3) is 6.46. The molecular formula is C47H60N4O8. The van der Waals surface area contributed by atoms with Gasteiger partial charge in [0.2, 0.25) is 0 Å². The minimum Gasteiger partial charge on any atom is -0.491 e. The Morgan fingerprint density at radius 3 is 2.49 bits per heavy atom. The maximum atomic E-state index is 15.4. The number of hydrogen-bond acceptors (Lipinski definition) is 11. The van der Waals surface area contributed by atoms with Crippen LogP contribution in [0.3, 0.4) is 0 Å².